The Labute approximate surface area is 152 Å². The quantitative estimate of drug-likeness (QED) is 0.618. The number of carbonyl (C=O) groups is 2. The van der Waals surface area contributed by atoms with E-state index in [0.717, 1.165) is 17.5 Å². The number of hydrazine groups is 1. The van der Waals surface area contributed by atoms with Gasteiger partial charge < -0.3 is 9.47 Å². The van der Waals surface area contributed by atoms with Crippen molar-refractivity contribution >= 4 is 17.9 Å². The number of aryl methyl sites for hydroxylation is 1. The van der Waals surface area contributed by atoms with E-state index in [0.29, 0.717) is 17.1 Å². The van der Waals surface area contributed by atoms with Crippen LogP contribution in [0, 0.1) is 0 Å². The molecule has 6 heteroatoms. The van der Waals surface area contributed by atoms with Crippen LogP contribution in [0.5, 0.6) is 11.5 Å². The minimum atomic E-state index is -0.446. The molecule has 6 nitrogen and oxygen atoms in total. The molecule has 0 radical (unpaired) electrons. The third kappa shape index (κ3) is 5.11. The summed E-state index contributed by atoms with van der Waals surface area (Å²) in [5, 5.41) is 0. The summed E-state index contributed by atoms with van der Waals surface area (Å²) < 4.78 is 10.4. The SMILES string of the molecule is CCc1ccc(C(=O)NNC(=O)/C=C/c2ccc(OC)c(OC)c2)cc1. The fourth-order valence-corrected chi connectivity index (χ4v) is 2.25. The average Bonchev–Trinajstić information content (AvgIpc) is 2.70. The van der Waals surface area contributed by atoms with E-state index in [1.165, 1.54) is 6.08 Å². The molecule has 2 aromatic rings. The first-order valence-electron chi connectivity index (χ1n) is 8.16. The molecule has 0 aliphatic carbocycles. The van der Waals surface area contributed by atoms with Crippen LogP contribution in [0.25, 0.3) is 6.08 Å². The van der Waals surface area contributed by atoms with Crippen LogP contribution < -0.4 is 20.3 Å². The molecule has 136 valence electrons. The van der Waals surface area contributed by atoms with Crippen LogP contribution >= 0.6 is 0 Å². The lowest BCUT2D eigenvalue weighted by atomic mass is 10.1. The van der Waals surface area contributed by atoms with E-state index in [1.54, 1.807) is 50.6 Å². The van der Waals surface area contributed by atoms with Crippen molar-refractivity contribution in [3.05, 3.63) is 65.2 Å². The Morgan fingerprint density at radius 3 is 2.27 bits per heavy atom. The first-order valence-corrected chi connectivity index (χ1v) is 8.16. The van der Waals surface area contributed by atoms with Gasteiger partial charge in [-0.15, -0.1) is 0 Å². The van der Waals surface area contributed by atoms with Crippen LogP contribution in [0.4, 0.5) is 0 Å². The van der Waals surface area contributed by atoms with Gasteiger partial charge in [-0.3, -0.25) is 20.4 Å². The summed E-state index contributed by atoms with van der Waals surface area (Å²) in [6.07, 6.45) is 3.83. The number of nitrogens with one attached hydrogen (secondary N) is 2. The molecule has 2 aromatic carbocycles. The zero-order valence-corrected chi connectivity index (χ0v) is 15.0. The lowest BCUT2D eigenvalue weighted by Crippen LogP contribution is -2.40. The number of hydrogen-bond donors (Lipinski definition) is 2. The number of methoxy groups -OCH3 is 2. The van der Waals surface area contributed by atoms with E-state index in [-0.39, 0.29) is 5.91 Å². The van der Waals surface area contributed by atoms with Crippen molar-refractivity contribution in [3.63, 3.8) is 0 Å². The molecule has 26 heavy (non-hydrogen) atoms. The van der Waals surface area contributed by atoms with E-state index in [9.17, 15) is 9.59 Å². The minimum absolute atomic E-state index is 0.375. The van der Waals surface area contributed by atoms with Crippen molar-refractivity contribution in [2.24, 2.45) is 0 Å². The Morgan fingerprint density at radius 2 is 1.65 bits per heavy atom. The lowest BCUT2D eigenvalue weighted by Gasteiger charge is -2.08. The highest BCUT2D eigenvalue weighted by Crippen LogP contribution is 2.27. The average molecular weight is 354 g/mol. The Bertz CT molecular complexity index is 798. The fraction of sp³-hybridized carbons (Fsp3) is 0.200. The molecule has 0 unspecified atom stereocenters. The predicted octanol–water partition coefficient (Wildman–Crippen LogP) is 2.74. The molecule has 0 saturated heterocycles. The second kappa shape index (κ2) is 9.27. The van der Waals surface area contributed by atoms with Gasteiger partial charge in [0.05, 0.1) is 14.2 Å². The molecule has 0 aromatic heterocycles. The Balaban J connectivity index is 1.91. The highest BCUT2D eigenvalue weighted by Gasteiger charge is 2.06. The van der Waals surface area contributed by atoms with E-state index in [4.69, 9.17) is 9.47 Å². The topological polar surface area (TPSA) is 76.7 Å². The highest BCUT2D eigenvalue weighted by molar-refractivity contribution is 5.97. The Kier molecular flexibility index (Phi) is 6.79. The van der Waals surface area contributed by atoms with Gasteiger partial charge in [-0.05, 0) is 47.9 Å². The molecule has 0 bridgehead atoms. The number of benzene rings is 2. The van der Waals surface area contributed by atoms with Gasteiger partial charge >= 0.3 is 0 Å². The molecular formula is C20H22N2O4. The van der Waals surface area contributed by atoms with E-state index in [2.05, 4.69) is 10.9 Å². The van der Waals surface area contributed by atoms with Gasteiger partial charge in [-0.25, -0.2) is 0 Å². The van der Waals surface area contributed by atoms with Gasteiger partial charge in [0.1, 0.15) is 0 Å². The van der Waals surface area contributed by atoms with Crippen molar-refractivity contribution in [1.82, 2.24) is 10.9 Å². The molecule has 0 atom stereocenters. The first-order chi connectivity index (χ1) is 12.6. The van der Waals surface area contributed by atoms with Crippen LogP contribution in [-0.4, -0.2) is 26.0 Å². The Morgan fingerprint density at radius 1 is 0.962 bits per heavy atom. The normalized spacial score (nSPS) is 10.4. The van der Waals surface area contributed by atoms with Gasteiger partial charge in [0.15, 0.2) is 11.5 Å². The van der Waals surface area contributed by atoms with Crippen molar-refractivity contribution < 1.29 is 19.1 Å². The summed E-state index contributed by atoms with van der Waals surface area (Å²) in [5.41, 5.74) is 7.11. The molecular weight excluding hydrogens is 332 g/mol. The van der Waals surface area contributed by atoms with Crippen LogP contribution in [0.2, 0.25) is 0 Å². The summed E-state index contributed by atoms with van der Waals surface area (Å²) in [7, 11) is 3.10. The molecule has 2 N–H and O–H groups in total. The maximum absolute atomic E-state index is 12.0. The van der Waals surface area contributed by atoms with Crippen molar-refractivity contribution in [1.29, 1.82) is 0 Å². The summed E-state index contributed by atoms with van der Waals surface area (Å²) in [5.74, 6) is 0.355. The molecule has 0 saturated carbocycles. The summed E-state index contributed by atoms with van der Waals surface area (Å²) in [4.78, 5) is 23.9. The maximum Gasteiger partial charge on any atom is 0.269 e. The monoisotopic (exact) mass is 354 g/mol. The van der Waals surface area contributed by atoms with Gasteiger partial charge in [-0.2, -0.15) is 0 Å². The third-order valence-electron chi connectivity index (χ3n) is 3.76. The molecule has 0 fully saturated rings. The van der Waals surface area contributed by atoms with Crippen LogP contribution in [0.3, 0.4) is 0 Å². The number of hydrogen-bond acceptors (Lipinski definition) is 4. The van der Waals surface area contributed by atoms with E-state index < -0.39 is 5.91 Å². The van der Waals surface area contributed by atoms with Gasteiger partial charge in [-0.1, -0.05) is 25.1 Å². The molecule has 2 rings (SSSR count). The van der Waals surface area contributed by atoms with Crippen molar-refractivity contribution in [2.45, 2.75) is 13.3 Å². The van der Waals surface area contributed by atoms with Gasteiger partial charge in [0.2, 0.25) is 0 Å². The third-order valence-corrected chi connectivity index (χ3v) is 3.76. The fourth-order valence-electron chi connectivity index (χ4n) is 2.25. The Hall–Kier alpha value is -3.28. The zero-order chi connectivity index (χ0) is 18.9. The van der Waals surface area contributed by atoms with Crippen molar-refractivity contribution in [2.75, 3.05) is 14.2 Å². The number of rotatable bonds is 6. The molecule has 0 heterocycles. The van der Waals surface area contributed by atoms with E-state index in [1.807, 2.05) is 19.1 Å². The lowest BCUT2D eigenvalue weighted by molar-refractivity contribution is -0.117. The van der Waals surface area contributed by atoms with Crippen LogP contribution in [0.15, 0.2) is 48.5 Å². The molecule has 0 aliphatic heterocycles. The second-order valence-electron chi connectivity index (χ2n) is 5.44. The van der Waals surface area contributed by atoms with Crippen LogP contribution in [0.1, 0.15) is 28.4 Å². The van der Waals surface area contributed by atoms with Crippen molar-refractivity contribution in [3.8, 4) is 11.5 Å². The van der Waals surface area contributed by atoms with E-state index >= 15 is 0 Å². The summed E-state index contributed by atoms with van der Waals surface area (Å²) >= 11 is 0. The predicted molar refractivity (Wildman–Crippen MR) is 100 cm³/mol. The molecule has 0 aliphatic rings. The second-order valence-corrected chi connectivity index (χ2v) is 5.44. The number of amides is 2. The summed E-state index contributed by atoms with van der Waals surface area (Å²) in [6, 6.07) is 12.5. The number of ether oxygens (including phenoxy) is 2. The highest BCUT2D eigenvalue weighted by atomic mass is 16.5. The smallest absolute Gasteiger partial charge is 0.269 e. The number of carbonyl (C=O) groups excluding carboxylic acids is 2. The standard InChI is InChI=1S/C20H22N2O4/c1-4-14-5-9-16(10-6-14)20(24)22-21-19(23)12-8-15-7-11-17(25-2)18(13-15)26-3/h5-13H,4H2,1-3H3,(H,21,23)(H,22,24)/b12-8+. The summed E-state index contributed by atoms with van der Waals surface area (Å²) in [6.45, 7) is 2.04. The zero-order valence-electron chi connectivity index (χ0n) is 15.0. The molecule has 2 amide bonds. The minimum Gasteiger partial charge on any atom is -0.493 e. The van der Waals surface area contributed by atoms with Gasteiger partial charge in [0.25, 0.3) is 11.8 Å². The maximum atomic E-state index is 12.0. The molecule has 0 spiro atoms. The first kappa shape index (κ1) is 19.1. The van der Waals surface area contributed by atoms with Crippen LogP contribution in [-0.2, 0) is 11.2 Å². The largest absolute Gasteiger partial charge is 0.493 e. The van der Waals surface area contributed by atoms with Gasteiger partial charge in [0, 0.05) is 11.6 Å².